The predicted molar refractivity (Wildman–Crippen MR) is 71.1 cm³/mol. The molecule has 0 aliphatic carbocycles. The van der Waals surface area contributed by atoms with Crippen LogP contribution in [0.3, 0.4) is 0 Å². The van der Waals surface area contributed by atoms with Gasteiger partial charge in [0, 0.05) is 26.2 Å². The molecule has 2 N–H and O–H groups in total. The summed E-state index contributed by atoms with van der Waals surface area (Å²) in [5, 5.41) is 18.1. The number of rotatable bonds is 5. The molecule has 100 valence electrons. The lowest BCUT2D eigenvalue weighted by Crippen LogP contribution is -2.26. The first-order valence-electron chi connectivity index (χ1n) is 6.00. The van der Waals surface area contributed by atoms with E-state index in [1.165, 1.54) is 6.92 Å². The Labute approximate surface area is 111 Å². The zero-order chi connectivity index (χ0) is 13.7. The van der Waals surface area contributed by atoms with Gasteiger partial charge in [-0.2, -0.15) is 5.10 Å². The standard InChI is InChI=1S/C12H16N6O/c1-9-5-8-18(17-9)12-4-3-11(15-16-12)14-7-6-13-10(2)19/h3-5,8H,6-7H2,1-2H3,(H,13,19)(H,14,15). The van der Waals surface area contributed by atoms with Gasteiger partial charge >= 0.3 is 0 Å². The quantitative estimate of drug-likeness (QED) is 0.765. The molecule has 2 rings (SSSR count). The molecule has 7 nitrogen and oxygen atoms in total. The topological polar surface area (TPSA) is 84.7 Å². The van der Waals surface area contributed by atoms with Crippen molar-refractivity contribution in [2.45, 2.75) is 13.8 Å². The highest BCUT2D eigenvalue weighted by atomic mass is 16.1. The van der Waals surface area contributed by atoms with Crippen molar-refractivity contribution < 1.29 is 4.79 Å². The minimum atomic E-state index is -0.0442. The first-order valence-corrected chi connectivity index (χ1v) is 6.00. The minimum Gasteiger partial charge on any atom is -0.367 e. The Morgan fingerprint density at radius 3 is 2.68 bits per heavy atom. The zero-order valence-corrected chi connectivity index (χ0v) is 10.9. The molecular formula is C12H16N6O. The maximum atomic E-state index is 10.7. The van der Waals surface area contributed by atoms with E-state index in [0.717, 1.165) is 5.69 Å². The summed E-state index contributed by atoms with van der Waals surface area (Å²) in [5.74, 6) is 1.29. The molecule has 0 aromatic carbocycles. The van der Waals surface area contributed by atoms with E-state index in [1.54, 1.807) is 4.68 Å². The van der Waals surface area contributed by atoms with Crippen LogP contribution < -0.4 is 10.6 Å². The molecule has 2 aromatic heterocycles. The van der Waals surface area contributed by atoms with Gasteiger partial charge in [0.2, 0.25) is 5.91 Å². The van der Waals surface area contributed by atoms with Crippen LogP contribution >= 0.6 is 0 Å². The first kappa shape index (κ1) is 13.0. The molecule has 0 radical (unpaired) electrons. The van der Waals surface area contributed by atoms with Crippen LogP contribution in [0.15, 0.2) is 24.4 Å². The van der Waals surface area contributed by atoms with Crippen molar-refractivity contribution in [3.8, 4) is 5.82 Å². The molecule has 7 heteroatoms. The number of amides is 1. The van der Waals surface area contributed by atoms with Gasteiger partial charge in [-0.1, -0.05) is 0 Å². The summed E-state index contributed by atoms with van der Waals surface area (Å²) in [6.07, 6.45) is 1.84. The molecule has 1 amide bonds. The smallest absolute Gasteiger partial charge is 0.216 e. The van der Waals surface area contributed by atoms with Crippen LogP contribution in [-0.4, -0.2) is 39.0 Å². The van der Waals surface area contributed by atoms with E-state index in [1.807, 2.05) is 31.3 Å². The molecule has 0 fully saturated rings. The fourth-order valence-corrected chi connectivity index (χ4v) is 1.51. The predicted octanol–water partition coefficient (Wildman–Crippen LogP) is 0.519. The molecule has 0 aliphatic heterocycles. The van der Waals surface area contributed by atoms with Crippen molar-refractivity contribution in [3.05, 3.63) is 30.1 Å². The van der Waals surface area contributed by atoms with E-state index in [0.29, 0.717) is 24.7 Å². The van der Waals surface area contributed by atoms with Gasteiger partial charge in [-0.25, -0.2) is 4.68 Å². The average Bonchev–Trinajstić information content (AvgIpc) is 2.82. The normalized spacial score (nSPS) is 10.2. The molecule has 0 bridgehead atoms. The Balaban J connectivity index is 1.90. The summed E-state index contributed by atoms with van der Waals surface area (Å²) < 4.78 is 1.67. The van der Waals surface area contributed by atoms with Crippen LogP contribution in [0.1, 0.15) is 12.6 Å². The summed E-state index contributed by atoms with van der Waals surface area (Å²) in [6.45, 7) is 4.56. The summed E-state index contributed by atoms with van der Waals surface area (Å²) >= 11 is 0. The molecule has 19 heavy (non-hydrogen) atoms. The maximum Gasteiger partial charge on any atom is 0.216 e. The van der Waals surface area contributed by atoms with Crippen molar-refractivity contribution in [3.63, 3.8) is 0 Å². The molecule has 2 heterocycles. The third-order valence-corrected chi connectivity index (χ3v) is 2.41. The lowest BCUT2D eigenvalue weighted by molar-refractivity contribution is -0.118. The van der Waals surface area contributed by atoms with Gasteiger partial charge in [0.25, 0.3) is 0 Å². The molecular weight excluding hydrogens is 244 g/mol. The SMILES string of the molecule is CC(=O)NCCNc1ccc(-n2ccc(C)n2)nn1. The summed E-state index contributed by atoms with van der Waals surface area (Å²) in [6, 6.07) is 5.56. The molecule has 0 aliphatic rings. The van der Waals surface area contributed by atoms with Crippen LogP contribution in [0.25, 0.3) is 5.82 Å². The second-order valence-electron chi connectivity index (χ2n) is 4.09. The van der Waals surface area contributed by atoms with Crippen molar-refractivity contribution in [2.24, 2.45) is 0 Å². The third kappa shape index (κ3) is 3.77. The molecule has 0 atom stereocenters. The minimum absolute atomic E-state index is 0.0442. The Hall–Kier alpha value is -2.44. The number of carbonyl (C=O) groups is 1. The first-order chi connectivity index (χ1) is 9.15. The Morgan fingerprint density at radius 2 is 2.11 bits per heavy atom. The zero-order valence-electron chi connectivity index (χ0n) is 10.9. The Kier molecular flexibility index (Phi) is 4.07. The number of nitrogens with zero attached hydrogens (tertiary/aromatic N) is 4. The van der Waals surface area contributed by atoms with E-state index in [-0.39, 0.29) is 5.91 Å². The van der Waals surface area contributed by atoms with Crippen LogP contribution in [-0.2, 0) is 4.79 Å². The van der Waals surface area contributed by atoms with Crippen molar-refractivity contribution in [1.82, 2.24) is 25.3 Å². The van der Waals surface area contributed by atoms with Crippen LogP contribution in [0, 0.1) is 6.92 Å². The van der Waals surface area contributed by atoms with Gasteiger partial charge < -0.3 is 10.6 Å². The highest BCUT2D eigenvalue weighted by Gasteiger charge is 2.01. The number of aromatic nitrogens is 4. The molecule has 0 saturated carbocycles. The van der Waals surface area contributed by atoms with E-state index >= 15 is 0 Å². The maximum absolute atomic E-state index is 10.7. The van der Waals surface area contributed by atoms with E-state index in [9.17, 15) is 4.79 Å². The van der Waals surface area contributed by atoms with Gasteiger partial charge in [-0.3, -0.25) is 4.79 Å². The van der Waals surface area contributed by atoms with Crippen molar-refractivity contribution in [1.29, 1.82) is 0 Å². The van der Waals surface area contributed by atoms with Gasteiger partial charge in [0.05, 0.1) is 5.69 Å². The monoisotopic (exact) mass is 260 g/mol. The number of carbonyl (C=O) groups excluding carboxylic acids is 1. The van der Waals surface area contributed by atoms with Gasteiger partial charge in [-0.05, 0) is 25.1 Å². The second kappa shape index (κ2) is 5.94. The molecule has 2 aromatic rings. The second-order valence-corrected chi connectivity index (χ2v) is 4.09. The number of hydrogen-bond acceptors (Lipinski definition) is 5. The largest absolute Gasteiger partial charge is 0.367 e. The van der Waals surface area contributed by atoms with Crippen LogP contribution in [0.5, 0.6) is 0 Å². The summed E-state index contributed by atoms with van der Waals surface area (Å²) in [5.41, 5.74) is 0.930. The summed E-state index contributed by atoms with van der Waals surface area (Å²) in [4.78, 5) is 10.7. The molecule has 0 saturated heterocycles. The lowest BCUT2D eigenvalue weighted by atomic mass is 10.4. The third-order valence-electron chi connectivity index (χ3n) is 2.41. The highest BCUT2D eigenvalue weighted by molar-refractivity contribution is 5.72. The van der Waals surface area contributed by atoms with Gasteiger partial charge in [0.1, 0.15) is 5.82 Å². The molecule has 0 unspecified atom stereocenters. The van der Waals surface area contributed by atoms with Gasteiger partial charge in [0.15, 0.2) is 5.82 Å². The Bertz CT molecular complexity index is 548. The van der Waals surface area contributed by atoms with Crippen LogP contribution in [0.2, 0.25) is 0 Å². The van der Waals surface area contributed by atoms with Crippen molar-refractivity contribution in [2.75, 3.05) is 18.4 Å². The van der Waals surface area contributed by atoms with E-state index in [4.69, 9.17) is 0 Å². The average molecular weight is 260 g/mol. The van der Waals surface area contributed by atoms with E-state index in [2.05, 4.69) is 25.9 Å². The number of anilines is 1. The van der Waals surface area contributed by atoms with Crippen molar-refractivity contribution >= 4 is 11.7 Å². The number of hydrogen-bond donors (Lipinski definition) is 2. The van der Waals surface area contributed by atoms with E-state index < -0.39 is 0 Å². The van der Waals surface area contributed by atoms with Crippen LogP contribution in [0.4, 0.5) is 5.82 Å². The number of aryl methyl sites for hydroxylation is 1. The fourth-order valence-electron chi connectivity index (χ4n) is 1.51. The Morgan fingerprint density at radius 1 is 1.26 bits per heavy atom. The highest BCUT2D eigenvalue weighted by Crippen LogP contribution is 2.06. The van der Waals surface area contributed by atoms with Gasteiger partial charge in [-0.15, -0.1) is 10.2 Å². The lowest BCUT2D eigenvalue weighted by Gasteiger charge is -2.06. The number of nitrogens with one attached hydrogen (secondary N) is 2. The fraction of sp³-hybridized carbons (Fsp3) is 0.333. The summed E-state index contributed by atoms with van der Waals surface area (Å²) in [7, 11) is 0. The molecule has 0 spiro atoms.